The Morgan fingerprint density at radius 1 is 1.22 bits per heavy atom. The molecule has 0 aliphatic rings. The summed E-state index contributed by atoms with van der Waals surface area (Å²) >= 11 is 0.999. The number of thiazole rings is 1. The highest BCUT2D eigenvalue weighted by Crippen LogP contribution is 2.37. The lowest BCUT2D eigenvalue weighted by Gasteiger charge is -2.24. The van der Waals surface area contributed by atoms with Gasteiger partial charge in [-0.25, -0.2) is 9.88 Å². The Kier molecular flexibility index (Phi) is 3.56. The van der Waals surface area contributed by atoms with E-state index in [0.717, 1.165) is 11.3 Å². The number of hydrogen-bond acceptors (Lipinski definition) is 3. The number of aryl methyl sites for hydroxylation is 1. The van der Waals surface area contributed by atoms with Gasteiger partial charge in [0.1, 0.15) is 0 Å². The summed E-state index contributed by atoms with van der Waals surface area (Å²) in [4.78, 5) is 4.30. The molecule has 0 radical (unpaired) electrons. The number of alkyl halides is 3. The van der Waals surface area contributed by atoms with Gasteiger partial charge < -0.3 is 0 Å². The van der Waals surface area contributed by atoms with E-state index in [2.05, 4.69) is 4.98 Å². The van der Waals surface area contributed by atoms with E-state index in [0.29, 0.717) is 17.0 Å². The molecular formula is C12H11F3N2S. The molecule has 1 aromatic carbocycles. The minimum Gasteiger partial charge on any atom is -0.228 e. The van der Waals surface area contributed by atoms with Crippen LogP contribution in [0.15, 0.2) is 35.7 Å². The maximum atomic E-state index is 13.1. The predicted octanol–water partition coefficient (Wildman–Crippen LogP) is 4.36. The van der Waals surface area contributed by atoms with Gasteiger partial charge in [0, 0.05) is 5.38 Å². The second-order valence-electron chi connectivity index (χ2n) is 3.61. The van der Waals surface area contributed by atoms with E-state index < -0.39 is 6.30 Å². The molecule has 2 rings (SSSR count). The van der Waals surface area contributed by atoms with Gasteiger partial charge in [0.05, 0.1) is 11.4 Å². The van der Waals surface area contributed by atoms with Crippen LogP contribution in [0.2, 0.25) is 0 Å². The number of rotatable bonds is 3. The second kappa shape index (κ2) is 4.97. The number of aromatic nitrogens is 1. The van der Waals surface area contributed by atoms with E-state index in [9.17, 15) is 13.2 Å². The van der Waals surface area contributed by atoms with E-state index in [1.165, 1.54) is 12.1 Å². The third kappa shape index (κ3) is 2.64. The normalized spacial score (nSPS) is 11.6. The van der Waals surface area contributed by atoms with Crippen LogP contribution >= 0.6 is 11.3 Å². The lowest BCUT2D eigenvalue weighted by molar-refractivity contribution is -0.120. The van der Waals surface area contributed by atoms with E-state index in [1.807, 2.05) is 6.92 Å². The van der Waals surface area contributed by atoms with Crippen molar-refractivity contribution in [2.24, 2.45) is 0 Å². The molecule has 0 N–H and O–H groups in total. The minimum absolute atomic E-state index is 0.0504. The molecule has 0 aliphatic carbocycles. The van der Waals surface area contributed by atoms with Crippen molar-refractivity contribution >= 4 is 22.2 Å². The fraction of sp³-hybridized carbons (Fsp3) is 0.250. The number of hydrogen-bond donors (Lipinski definition) is 0. The van der Waals surface area contributed by atoms with E-state index >= 15 is 0 Å². The second-order valence-corrected chi connectivity index (χ2v) is 4.45. The lowest BCUT2D eigenvalue weighted by atomic mass is 10.3. The highest BCUT2D eigenvalue weighted by Gasteiger charge is 2.40. The quantitative estimate of drug-likeness (QED) is 0.772. The fourth-order valence-corrected chi connectivity index (χ4v) is 2.45. The van der Waals surface area contributed by atoms with Crippen LogP contribution in [0.25, 0.3) is 0 Å². The SMILES string of the molecule is CCc1csc(N(c2ccccc2)C(F)(F)F)n1. The van der Waals surface area contributed by atoms with Gasteiger partial charge in [0.2, 0.25) is 0 Å². The summed E-state index contributed by atoms with van der Waals surface area (Å²) in [5.74, 6) is 0. The zero-order chi connectivity index (χ0) is 13.2. The smallest absolute Gasteiger partial charge is 0.228 e. The number of nitrogens with zero attached hydrogens (tertiary/aromatic N) is 2. The Balaban J connectivity index is 2.44. The molecule has 1 aromatic heterocycles. The van der Waals surface area contributed by atoms with Crippen molar-refractivity contribution in [1.82, 2.24) is 4.98 Å². The van der Waals surface area contributed by atoms with Gasteiger partial charge in [0.15, 0.2) is 5.13 Å². The standard InChI is InChI=1S/C12H11F3N2S/c1-2-9-8-18-11(16-9)17(12(13,14)15)10-6-4-3-5-7-10/h3-8H,2H2,1H3. The minimum atomic E-state index is -4.48. The summed E-state index contributed by atoms with van der Waals surface area (Å²) in [6, 6.07) is 7.66. The number of para-hydroxylation sites is 1. The fourth-order valence-electron chi connectivity index (χ4n) is 1.50. The molecule has 0 amide bonds. The highest BCUT2D eigenvalue weighted by atomic mass is 32.1. The Bertz CT molecular complexity index is 508. The van der Waals surface area contributed by atoms with E-state index in [1.54, 1.807) is 23.6 Å². The summed E-state index contributed by atoms with van der Waals surface area (Å²) in [6.07, 6.45) is -3.86. The summed E-state index contributed by atoms with van der Waals surface area (Å²) < 4.78 is 39.3. The molecule has 0 bridgehead atoms. The molecule has 96 valence electrons. The Hall–Kier alpha value is -1.56. The average Bonchev–Trinajstić information content (AvgIpc) is 2.77. The summed E-state index contributed by atoms with van der Waals surface area (Å²) in [6.45, 7) is 1.86. The molecule has 0 spiro atoms. The summed E-state index contributed by atoms with van der Waals surface area (Å²) in [5.41, 5.74) is 0.738. The molecule has 0 atom stereocenters. The maximum absolute atomic E-state index is 13.1. The van der Waals surface area contributed by atoms with Crippen molar-refractivity contribution in [3.63, 3.8) is 0 Å². The molecule has 0 saturated carbocycles. The number of benzene rings is 1. The molecular weight excluding hydrogens is 261 g/mol. The van der Waals surface area contributed by atoms with E-state index in [-0.39, 0.29) is 10.8 Å². The van der Waals surface area contributed by atoms with Crippen molar-refractivity contribution in [3.8, 4) is 0 Å². The van der Waals surface area contributed by atoms with Crippen LogP contribution in [0.4, 0.5) is 24.0 Å². The van der Waals surface area contributed by atoms with Gasteiger partial charge >= 0.3 is 6.30 Å². The van der Waals surface area contributed by atoms with Crippen LogP contribution in [-0.2, 0) is 6.42 Å². The van der Waals surface area contributed by atoms with Crippen molar-refractivity contribution in [3.05, 3.63) is 41.4 Å². The zero-order valence-electron chi connectivity index (χ0n) is 9.61. The monoisotopic (exact) mass is 272 g/mol. The Morgan fingerprint density at radius 2 is 1.89 bits per heavy atom. The van der Waals surface area contributed by atoms with Gasteiger partial charge in [-0.05, 0) is 18.6 Å². The first-order chi connectivity index (χ1) is 8.52. The summed E-state index contributed by atoms with van der Waals surface area (Å²) in [5, 5.41) is 1.60. The van der Waals surface area contributed by atoms with Gasteiger partial charge in [-0.15, -0.1) is 24.5 Å². The number of halogens is 3. The molecule has 0 aliphatic heterocycles. The topological polar surface area (TPSA) is 16.1 Å². The first kappa shape index (κ1) is 12.9. The maximum Gasteiger partial charge on any atom is 0.491 e. The molecule has 0 fully saturated rings. The van der Waals surface area contributed by atoms with Crippen molar-refractivity contribution in [2.45, 2.75) is 19.6 Å². The van der Waals surface area contributed by atoms with Crippen LogP contribution < -0.4 is 4.90 Å². The summed E-state index contributed by atoms with van der Waals surface area (Å²) in [7, 11) is 0. The molecule has 2 nitrogen and oxygen atoms in total. The zero-order valence-corrected chi connectivity index (χ0v) is 10.4. The lowest BCUT2D eigenvalue weighted by Crippen LogP contribution is -2.33. The molecule has 18 heavy (non-hydrogen) atoms. The third-order valence-electron chi connectivity index (χ3n) is 2.36. The van der Waals surface area contributed by atoms with Crippen molar-refractivity contribution < 1.29 is 13.2 Å². The third-order valence-corrected chi connectivity index (χ3v) is 3.24. The predicted molar refractivity (Wildman–Crippen MR) is 66.1 cm³/mol. The van der Waals surface area contributed by atoms with Crippen molar-refractivity contribution in [2.75, 3.05) is 4.90 Å². The van der Waals surface area contributed by atoms with Crippen LogP contribution in [0.1, 0.15) is 12.6 Å². The Labute approximate surface area is 107 Å². The van der Waals surface area contributed by atoms with E-state index in [4.69, 9.17) is 0 Å². The van der Waals surface area contributed by atoms with Gasteiger partial charge in [-0.1, -0.05) is 25.1 Å². The largest absolute Gasteiger partial charge is 0.491 e. The van der Waals surface area contributed by atoms with Gasteiger partial charge in [0.25, 0.3) is 0 Å². The van der Waals surface area contributed by atoms with Crippen LogP contribution in [0.3, 0.4) is 0 Å². The van der Waals surface area contributed by atoms with Gasteiger partial charge in [-0.2, -0.15) is 0 Å². The van der Waals surface area contributed by atoms with Crippen LogP contribution in [0.5, 0.6) is 0 Å². The first-order valence-corrected chi connectivity index (χ1v) is 6.26. The highest BCUT2D eigenvalue weighted by molar-refractivity contribution is 7.13. The Morgan fingerprint density at radius 3 is 2.39 bits per heavy atom. The molecule has 1 heterocycles. The molecule has 0 unspecified atom stereocenters. The molecule has 6 heteroatoms. The number of anilines is 2. The van der Waals surface area contributed by atoms with Gasteiger partial charge in [-0.3, -0.25) is 0 Å². The first-order valence-electron chi connectivity index (χ1n) is 5.38. The van der Waals surface area contributed by atoms with Crippen LogP contribution in [-0.4, -0.2) is 11.3 Å². The van der Waals surface area contributed by atoms with Crippen molar-refractivity contribution in [1.29, 1.82) is 0 Å². The molecule has 2 aromatic rings. The average molecular weight is 272 g/mol. The van der Waals surface area contributed by atoms with Crippen LogP contribution in [0, 0.1) is 0 Å². The molecule has 0 saturated heterocycles.